The number of aromatic amines is 2. The Morgan fingerprint density at radius 2 is 1.15 bits per heavy atom. The Kier molecular flexibility index (Phi) is 4.54. The van der Waals surface area contributed by atoms with Crippen LogP contribution >= 0.6 is 0 Å². The lowest BCUT2D eigenvalue weighted by atomic mass is 10.1. The second kappa shape index (κ2) is 8.22. The molecule has 7 nitrogen and oxygen atoms in total. The van der Waals surface area contributed by atoms with Gasteiger partial charge in [0.2, 0.25) is 5.95 Å². The molecule has 2 N–H and O–H groups in total. The highest BCUT2D eigenvalue weighted by atomic mass is 16.1. The van der Waals surface area contributed by atoms with Gasteiger partial charge in [-0.1, -0.05) is 97.1 Å². The maximum absolute atomic E-state index is 13.6. The lowest BCUT2D eigenvalue weighted by Crippen LogP contribution is -2.11. The van der Waals surface area contributed by atoms with E-state index in [4.69, 9.17) is 15.0 Å². The molecule has 0 amide bonds. The molecule has 0 aliphatic heterocycles. The summed E-state index contributed by atoms with van der Waals surface area (Å²) in [7, 11) is 0. The molecule has 0 aliphatic rings. The van der Waals surface area contributed by atoms with Crippen LogP contribution in [0.5, 0.6) is 0 Å². The number of aromatic nitrogens is 6. The first-order valence-corrected chi connectivity index (χ1v) is 12.7. The first-order chi connectivity index (χ1) is 19.3. The molecular formula is C32H20N6O. The zero-order valence-corrected chi connectivity index (χ0v) is 20.6. The van der Waals surface area contributed by atoms with Crippen LogP contribution in [-0.4, -0.2) is 29.5 Å². The number of hydrogen-bond donors (Lipinski definition) is 2. The van der Waals surface area contributed by atoms with Gasteiger partial charge in [-0.2, -0.15) is 9.97 Å². The molecule has 7 heteroatoms. The van der Waals surface area contributed by atoms with Gasteiger partial charge >= 0.3 is 0 Å². The molecule has 0 spiro atoms. The summed E-state index contributed by atoms with van der Waals surface area (Å²) in [4.78, 5) is 34.9. The smallest absolute Gasteiger partial charge is 0.259 e. The van der Waals surface area contributed by atoms with Crippen molar-refractivity contribution in [1.29, 1.82) is 0 Å². The summed E-state index contributed by atoms with van der Waals surface area (Å²) in [5.41, 5.74) is 4.82. The Labute approximate surface area is 221 Å². The summed E-state index contributed by atoms with van der Waals surface area (Å²) in [6.07, 6.45) is 0. The minimum absolute atomic E-state index is 0.167. The largest absolute Gasteiger partial charge is 0.354 e. The zero-order valence-electron chi connectivity index (χ0n) is 20.6. The Hall–Kier alpha value is -5.56. The van der Waals surface area contributed by atoms with Gasteiger partial charge in [0, 0.05) is 32.8 Å². The second-order valence-corrected chi connectivity index (χ2v) is 9.47. The molecule has 184 valence electrons. The first-order valence-electron chi connectivity index (χ1n) is 12.7. The molecule has 0 fully saturated rings. The van der Waals surface area contributed by atoms with Crippen LogP contribution in [-0.2, 0) is 0 Å². The molecule has 8 aromatic rings. The van der Waals surface area contributed by atoms with E-state index in [1.807, 2.05) is 108 Å². The Bertz CT molecular complexity index is 2190. The van der Waals surface area contributed by atoms with Gasteiger partial charge in [-0.3, -0.25) is 9.36 Å². The third kappa shape index (κ3) is 3.23. The number of nitrogens with one attached hydrogen (secondary N) is 2. The molecule has 39 heavy (non-hydrogen) atoms. The number of benzene rings is 4. The van der Waals surface area contributed by atoms with Crippen molar-refractivity contribution in [2.75, 3.05) is 0 Å². The Morgan fingerprint density at radius 3 is 1.85 bits per heavy atom. The van der Waals surface area contributed by atoms with Crippen LogP contribution in [0.4, 0.5) is 0 Å². The number of nitrogens with zero attached hydrogens (tertiary/aromatic N) is 4. The van der Waals surface area contributed by atoms with Crippen molar-refractivity contribution < 1.29 is 0 Å². The fourth-order valence-electron chi connectivity index (χ4n) is 5.45. The van der Waals surface area contributed by atoms with Crippen molar-refractivity contribution >= 4 is 43.7 Å². The molecule has 0 saturated carbocycles. The average molecular weight is 505 g/mol. The fourth-order valence-corrected chi connectivity index (χ4v) is 5.45. The highest BCUT2D eigenvalue weighted by Gasteiger charge is 2.22. The van der Waals surface area contributed by atoms with Crippen molar-refractivity contribution in [3.63, 3.8) is 0 Å². The van der Waals surface area contributed by atoms with Crippen molar-refractivity contribution in [3.8, 4) is 28.7 Å². The number of rotatable bonds is 3. The van der Waals surface area contributed by atoms with E-state index in [2.05, 4.69) is 16.0 Å². The monoisotopic (exact) mass is 504 g/mol. The van der Waals surface area contributed by atoms with E-state index in [-0.39, 0.29) is 5.56 Å². The molecule has 4 aromatic heterocycles. The number of fused-ring (bicyclic) bond motifs is 7. The van der Waals surface area contributed by atoms with Gasteiger partial charge in [0.25, 0.3) is 5.56 Å². The van der Waals surface area contributed by atoms with E-state index in [0.717, 1.165) is 43.8 Å². The predicted octanol–water partition coefficient (Wildman–Crippen LogP) is 6.63. The highest BCUT2D eigenvalue weighted by molar-refractivity contribution is 6.23. The van der Waals surface area contributed by atoms with Crippen LogP contribution in [0.1, 0.15) is 0 Å². The maximum atomic E-state index is 13.6. The summed E-state index contributed by atoms with van der Waals surface area (Å²) >= 11 is 0. The van der Waals surface area contributed by atoms with E-state index in [1.54, 1.807) is 0 Å². The van der Waals surface area contributed by atoms with Gasteiger partial charge in [0.15, 0.2) is 11.6 Å². The maximum Gasteiger partial charge on any atom is 0.259 e. The van der Waals surface area contributed by atoms with Crippen LogP contribution in [0.25, 0.3) is 72.5 Å². The molecule has 4 heterocycles. The number of hydrogen-bond acceptors (Lipinski definition) is 4. The van der Waals surface area contributed by atoms with Gasteiger partial charge in [-0.05, 0) is 12.1 Å². The van der Waals surface area contributed by atoms with Gasteiger partial charge in [0.05, 0.1) is 16.4 Å². The van der Waals surface area contributed by atoms with Gasteiger partial charge in [-0.25, -0.2) is 4.98 Å². The Morgan fingerprint density at radius 1 is 0.564 bits per heavy atom. The van der Waals surface area contributed by atoms with Crippen molar-refractivity contribution in [2.45, 2.75) is 0 Å². The minimum atomic E-state index is -0.167. The van der Waals surface area contributed by atoms with E-state index in [1.165, 1.54) is 0 Å². The number of H-pyrrole nitrogens is 2. The van der Waals surface area contributed by atoms with E-state index in [9.17, 15) is 4.79 Å². The third-order valence-electron chi connectivity index (χ3n) is 7.18. The molecule has 0 atom stereocenters. The summed E-state index contributed by atoms with van der Waals surface area (Å²) in [6.45, 7) is 0. The normalized spacial score (nSPS) is 11.7. The topological polar surface area (TPSA) is 92.2 Å². The third-order valence-corrected chi connectivity index (χ3v) is 7.18. The highest BCUT2D eigenvalue weighted by Crippen LogP contribution is 2.36. The van der Waals surface area contributed by atoms with Crippen molar-refractivity contribution in [3.05, 3.63) is 120 Å². The SMILES string of the molecule is O=c1[nH]c2c(c3ccccc3n2-c2nc(-c3ccccc3)nc(-c3ccccc3)n2)c2[nH]c3ccccc3c12. The summed E-state index contributed by atoms with van der Waals surface area (Å²) in [6, 6.07) is 35.7. The van der Waals surface area contributed by atoms with Crippen LogP contribution in [0.15, 0.2) is 114 Å². The van der Waals surface area contributed by atoms with Gasteiger partial charge in [-0.15, -0.1) is 0 Å². The molecule has 0 aliphatic carbocycles. The Balaban J connectivity index is 1.52. The zero-order chi connectivity index (χ0) is 25.9. The summed E-state index contributed by atoms with van der Waals surface area (Å²) < 4.78 is 1.93. The summed E-state index contributed by atoms with van der Waals surface area (Å²) in [5.74, 6) is 1.54. The average Bonchev–Trinajstić information content (AvgIpc) is 3.54. The molecule has 8 rings (SSSR count). The molecule has 0 bridgehead atoms. The van der Waals surface area contributed by atoms with E-state index >= 15 is 0 Å². The van der Waals surface area contributed by atoms with Crippen molar-refractivity contribution in [2.24, 2.45) is 0 Å². The van der Waals surface area contributed by atoms with Crippen LogP contribution in [0, 0.1) is 0 Å². The second-order valence-electron chi connectivity index (χ2n) is 9.47. The van der Waals surface area contributed by atoms with Crippen LogP contribution < -0.4 is 5.56 Å². The molecule has 0 unspecified atom stereocenters. The van der Waals surface area contributed by atoms with Crippen LogP contribution in [0.3, 0.4) is 0 Å². The van der Waals surface area contributed by atoms with Gasteiger partial charge in [0.1, 0.15) is 5.65 Å². The standard InChI is InChI=1S/C32H20N6O/c39-31-26-21-15-7-9-17-23(21)33-27(26)25-22-16-8-10-18-24(22)38(30(25)37-31)32-35-28(19-11-3-1-4-12-19)34-29(36-32)20-13-5-2-6-14-20/h1-18,33H,(H,37,39). The van der Waals surface area contributed by atoms with E-state index in [0.29, 0.717) is 28.6 Å². The molecule has 4 aromatic carbocycles. The lowest BCUT2D eigenvalue weighted by Gasteiger charge is -2.10. The molecule has 0 radical (unpaired) electrons. The number of pyridine rings is 1. The predicted molar refractivity (Wildman–Crippen MR) is 155 cm³/mol. The van der Waals surface area contributed by atoms with Gasteiger partial charge < -0.3 is 9.97 Å². The quantitative estimate of drug-likeness (QED) is 0.283. The summed E-state index contributed by atoms with van der Waals surface area (Å²) in [5, 5.41) is 3.44. The number of para-hydroxylation sites is 2. The minimum Gasteiger partial charge on any atom is -0.354 e. The first kappa shape index (κ1) is 21.5. The molecule has 0 saturated heterocycles. The van der Waals surface area contributed by atoms with Crippen LogP contribution in [0.2, 0.25) is 0 Å². The lowest BCUT2D eigenvalue weighted by molar-refractivity contribution is 0.943. The van der Waals surface area contributed by atoms with Crippen molar-refractivity contribution in [1.82, 2.24) is 29.5 Å². The molecular weight excluding hydrogens is 484 g/mol. The van der Waals surface area contributed by atoms with E-state index < -0.39 is 0 Å². The fraction of sp³-hybridized carbons (Fsp3) is 0.